The first-order valence-electron chi connectivity index (χ1n) is 18.9. The van der Waals surface area contributed by atoms with Crippen molar-refractivity contribution in [3.05, 3.63) is 287 Å². The Hall–Kier alpha value is -3.86. The normalized spacial score (nSPS) is 10.2. The summed E-state index contributed by atoms with van der Waals surface area (Å²) in [6.45, 7) is 0. The summed E-state index contributed by atoms with van der Waals surface area (Å²) in [5, 5.41) is 0. The molecule has 8 aromatic carbocycles. The van der Waals surface area contributed by atoms with Crippen LogP contribution in [0, 0.1) is 0 Å². The Kier molecular flexibility index (Phi) is 21.1. The van der Waals surface area contributed by atoms with E-state index in [1.807, 2.05) is 48.5 Å². The molecule has 0 N–H and O–H groups in total. The third kappa shape index (κ3) is 15.4. The fourth-order valence-electron chi connectivity index (χ4n) is 6.05. The monoisotopic (exact) mass is 906 g/mol. The van der Waals surface area contributed by atoms with Crippen molar-refractivity contribution >= 4 is 37.0 Å². The number of rotatable bonds is 8. The molecule has 0 nitrogen and oxygen atoms in total. The maximum absolute atomic E-state index is 2.89. The van der Waals surface area contributed by atoms with E-state index in [2.05, 4.69) is 231 Å². The van der Waals surface area contributed by atoms with Gasteiger partial charge in [0.25, 0.3) is 0 Å². The molecule has 8 rings (SSSR count). The van der Waals surface area contributed by atoms with E-state index in [1.165, 1.54) is 44.5 Å². The Labute approximate surface area is 364 Å². The minimum atomic E-state index is 0. The van der Waals surface area contributed by atoms with E-state index in [-0.39, 0.29) is 20.4 Å². The molecule has 0 fully saturated rings. The first-order valence-corrected chi connectivity index (χ1v) is 21.6. The predicted molar refractivity (Wildman–Crippen MR) is 258 cm³/mol. The van der Waals surface area contributed by atoms with Crippen LogP contribution < -0.4 is 0 Å². The molecule has 0 aromatic heterocycles. The maximum Gasteiger partial charge on any atom is 0.0234 e. The van der Waals surface area contributed by atoms with E-state index < -0.39 is 0 Å². The summed E-state index contributed by atoms with van der Waals surface area (Å²) in [4.78, 5) is 0. The average Bonchev–Trinajstić information content (AvgIpc) is 3.31. The second kappa shape index (κ2) is 26.2. The number of hydrogen-bond acceptors (Lipinski definition) is 0. The van der Waals surface area contributed by atoms with E-state index in [1.54, 1.807) is 0 Å². The fraction of sp³-hybridized carbons (Fsp3) is 0.0769. The number of hydrogen-bond donors (Lipinski definition) is 0. The van der Waals surface area contributed by atoms with Crippen molar-refractivity contribution in [2.24, 2.45) is 0 Å². The van der Waals surface area contributed by atoms with Gasteiger partial charge in [-0.05, 0) is 44.5 Å². The van der Waals surface area contributed by atoms with Crippen LogP contribution in [-0.2, 0) is 20.4 Å². The molecule has 0 aliphatic carbocycles. The van der Waals surface area contributed by atoms with Gasteiger partial charge >= 0.3 is 0 Å². The molecular formula is C52H52P4Pd. The topological polar surface area (TPSA) is 0 Å². The molecule has 0 saturated carbocycles. The van der Waals surface area contributed by atoms with Crippen molar-refractivity contribution in [2.75, 3.05) is 0 Å². The molecule has 0 spiro atoms. The summed E-state index contributed by atoms with van der Waals surface area (Å²) in [5.74, 6) is 0. The summed E-state index contributed by atoms with van der Waals surface area (Å²) in [5.41, 5.74) is 12.3. The van der Waals surface area contributed by atoms with Crippen LogP contribution in [0.15, 0.2) is 243 Å². The van der Waals surface area contributed by atoms with Gasteiger partial charge in [0.1, 0.15) is 0 Å². The van der Waals surface area contributed by atoms with Crippen LogP contribution in [0.3, 0.4) is 0 Å². The molecule has 0 saturated heterocycles. The van der Waals surface area contributed by atoms with Crippen LogP contribution in [0.2, 0.25) is 0 Å². The van der Waals surface area contributed by atoms with Crippen LogP contribution in [0.4, 0.5) is 0 Å². The molecule has 0 heterocycles. The van der Waals surface area contributed by atoms with Crippen molar-refractivity contribution in [1.82, 2.24) is 0 Å². The van der Waals surface area contributed by atoms with Crippen LogP contribution in [-0.4, -0.2) is 0 Å². The second-order valence-corrected chi connectivity index (χ2v) is 15.9. The third-order valence-corrected chi connectivity index (χ3v) is 12.3. The molecule has 0 amide bonds. The van der Waals surface area contributed by atoms with E-state index >= 15 is 0 Å². The summed E-state index contributed by atoms with van der Waals surface area (Å²) in [6.07, 6.45) is 0. The van der Waals surface area contributed by atoms with Gasteiger partial charge in [-0.2, -0.15) is 0 Å². The molecule has 8 aromatic rings. The molecule has 0 aliphatic rings. The zero-order chi connectivity index (χ0) is 39.2. The van der Waals surface area contributed by atoms with Crippen molar-refractivity contribution in [1.29, 1.82) is 0 Å². The van der Waals surface area contributed by atoms with Gasteiger partial charge in [-0.3, -0.25) is 0 Å². The Morgan fingerprint density at radius 1 is 0.175 bits per heavy atom. The van der Waals surface area contributed by atoms with Crippen molar-refractivity contribution in [3.63, 3.8) is 0 Å². The molecule has 0 aliphatic heterocycles. The van der Waals surface area contributed by atoms with E-state index in [9.17, 15) is 0 Å². The zero-order valence-corrected chi connectivity index (χ0v) is 38.2. The van der Waals surface area contributed by atoms with Gasteiger partial charge in [-0.1, -0.05) is 243 Å². The van der Waals surface area contributed by atoms with Crippen molar-refractivity contribution in [3.8, 4) is 0 Å². The van der Waals surface area contributed by atoms with E-state index in [4.69, 9.17) is 0 Å². The quantitative estimate of drug-likeness (QED) is 0.105. The Bertz CT molecular complexity index is 1700. The van der Waals surface area contributed by atoms with Crippen LogP contribution in [0.1, 0.15) is 67.1 Å². The van der Waals surface area contributed by atoms with Crippen LogP contribution >= 0.6 is 37.0 Å². The molecule has 5 heteroatoms. The predicted octanol–water partition coefficient (Wildman–Crippen LogP) is 14.6. The first kappa shape index (κ1) is 45.8. The molecule has 57 heavy (non-hydrogen) atoms. The summed E-state index contributed by atoms with van der Waals surface area (Å²) in [6, 6.07) is 84.2. The third-order valence-electron chi connectivity index (χ3n) is 9.27. The average molecular weight is 907 g/mol. The van der Waals surface area contributed by atoms with Gasteiger partial charge in [0.15, 0.2) is 0 Å². The van der Waals surface area contributed by atoms with Crippen LogP contribution in [0.25, 0.3) is 0 Å². The van der Waals surface area contributed by atoms with Crippen LogP contribution in [0.5, 0.6) is 0 Å². The molecule has 4 unspecified atom stereocenters. The zero-order valence-electron chi connectivity index (χ0n) is 32.0. The van der Waals surface area contributed by atoms with Gasteiger partial charge < -0.3 is 0 Å². The number of benzene rings is 8. The minimum Gasteiger partial charge on any atom is -0.125 e. The molecule has 0 bridgehead atoms. The van der Waals surface area contributed by atoms with Gasteiger partial charge in [0.2, 0.25) is 0 Å². The van der Waals surface area contributed by atoms with Crippen molar-refractivity contribution < 1.29 is 20.4 Å². The molecule has 4 atom stereocenters. The first-order chi connectivity index (χ1) is 27.5. The van der Waals surface area contributed by atoms with Gasteiger partial charge in [-0.25, -0.2) is 0 Å². The summed E-state index contributed by atoms with van der Waals surface area (Å²) >= 11 is 0. The molecule has 290 valence electrons. The van der Waals surface area contributed by atoms with Crippen molar-refractivity contribution in [2.45, 2.75) is 22.6 Å². The Morgan fingerprint density at radius 3 is 0.351 bits per heavy atom. The Morgan fingerprint density at radius 2 is 0.263 bits per heavy atom. The van der Waals surface area contributed by atoms with E-state index in [0.29, 0.717) is 22.6 Å². The van der Waals surface area contributed by atoms with Gasteiger partial charge in [0, 0.05) is 43.1 Å². The van der Waals surface area contributed by atoms with E-state index in [0.717, 1.165) is 0 Å². The van der Waals surface area contributed by atoms with Gasteiger partial charge in [-0.15, -0.1) is 37.0 Å². The molecule has 0 radical (unpaired) electrons. The standard InChI is InChI=1S/4C13H13P.Pd/c4*14-13(11-7-3-1-4-8-11)12-9-5-2-6-10-12;/h4*1-10,13H,14H2;. The maximum atomic E-state index is 2.89. The van der Waals surface area contributed by atoms with Gasteiger partial charge in [0.05, 0.1) is 0 Å². The summed E-state index contributed by atoms with van der Waals surface area (Å²) < 4.78 is 0. The smallest absolute Gasteiger partial charge is 0.0234 e. The summed E-state index contributed by atoms with van der Waals surface area (Å²) in [7, 11) is 11.5. The second-order valence-electron chi connectivity index (χ2n) is 13.2. The molecular weight excluding hydrogens is 855 g/mol. The SMILES string of the molecule is PC(c1ccccc1)c1ccccc1.PC(c1ccccc1)c1ccccc1.PC(c1ccccc1)c1ccccc1.PC(c1ccccc1)c1ccccc1.[Pd]. The fourth-order valence-corrected chi connectivity index (χ4v) is 7.83. The minimum absolute atomic E-state index is 0. The Balaban J connectivity index is 0.000000167. The largest absolute Gasteiger partial charge is 0.125 e.